The zero-order valence-electron chi connectivity index (χ0n) is 23.4. The second-order valence-corrected chi connectivity index (χ2v) is 11.8. The molecule has 0 fully saturated rings. The first-order chi connectivity index (χ1) is 19.0. The van der Waals surface area contributed by atoms with Crippen molar-refractivity contribution < 1.29 is 22.8 Å². The molecule has 3 aromatic rings. The number of amides is 2. The molecule has 0 saturated heterocycles. The molecular weight excluding hydrogens is 526 g/mol. The summed E-state index contributed by atoms with van der Waals surface area (Å²) < 4.78 is 26.8. The third-order valence-electron chi connectivity index (χ3n) is 6.69. The molecule has 0 bridgehead atoms. The van der Waals surface area contributed by atoms with E-state index in [0.29, 0.717) is 12.0 Å². The fraction of sp³-hybridized carbons (Fsp3) is 0.323. The van der Waals surface area contributed by atoms with Crippen molar-refractivity contribution in [3.63, 3.8) is 0 Å². The highest BCUT2D eigenvalue weighted by molar-refractivity contribution is 7.92. The van der Waals surface area contributed by atoms with Crippen LogP contribution in [0.4, 0.5) is 5.69 Å². The molecular formula is C31H37N3O5S. The number of carbonyl (C=O) groups is 3. The monoisotopic (exact) mass is 563 g/mol. The maximum atomic E-state index is 14.1. The molecule has 212 valence electrons. The molecule has 3 rings (SSSR count). The Labute approximate surface area is 237 Å². The number of hydrogen-bond donors (Lipinski definition) is 1. The van der Waals surface area contributed by atoms with E-state index in [1.165, 1.54) is 17.9 Å². The second kappa shape index (κ2) is 13.9. The number of anilines is 1. The van der Waals surface area contributed by atoms with Gasteiger partial charge in [-0.05, 0) is 43.5 Å². The molecule has 3 aromatic carbocycles. The largest absolute Gasteiger partial charge is 0.352 e. The molecule has 40 heavy (non-hydrogen) atoms. The predicted octanol–water partition coefficient (Wildman–Crippen LogP) is 4.21. The normalized spacial score (nSPS) is 12.7. The number of ketones is 1. The van der Waals surface area contributed by atoms with Crippen molar-refractivity contribution in [1.29, 1.82) is 0 Å². The topological polar surface area (TPSA) is 104 Å². The van der Waals surface area contributed by atoms with Crippen LogP contribution in [0.1, 0.15) is 48.7 Å². The van der Waals surface area contributed by atoms with Gasteiger partial charge in [0.2, 0.25) is 21.8 Å². The van der Waals surface area contributed by atoms with Gasteiger partial charge in [0.25, 0.3) is 0 Å². The lowest BCUT2D eigenvalue weighted by atomic mass is 10.0. The Morgan fingerprint density at radius 1 is 0.875 bits per heavy atom. The minimum Gasteiger partial charge on any atom is -0.352 e. The first-order valence-electron chi connectivity index (χ1n) is 13.3. The van der Waals surface area contributed by atoms with Crippen LogP contribution in [0.25, 0.3) is 0 Å². The van der Waals surface area contributed by atoms with Crippen LogP contribution in [0.5, 0.6) is 0 Å². The van der Waals surface area contributed by atoms with Crippen LogP contribution in [0, 0.1) is 0 Å². The zero-order chi connectivity index (χ0) is 29.3. The Morgan fingerprint density at radius 2 is 1.48 bits per heavy atom. The fourth-order valence-corrected chi connectivity index (χ4v) is 5.11. The number of carbonyl (C=O) groups excluding carboxylic acids is 3. The average Bonchev–Trinajstić information content (AvgIpc) is 2.93. The first kappa shape index (κ1) is 30.6. The lowest BCUT2D eigenvalue weighted by Crippen LogP contribution is -2.54. The highest BCUT2D eigenvalue weighted by Crippen LogP contribution is 2.22. The molecule has 0 radical (unpaired) electrons. The molecule has 0 aromatic heterocycles. The van der Waals surface area contributed by atoms with E-state index in [9.17, 15) is 22.8 Å². The summed E-state index contributed by atoms with van der Waals surface area (Å²) in [6.07, 6.45) is 1.98. The molecule has 0 aliphatic rings. The minimum atomic E-state index is -3.92. The van der Waals surface area contributed by atoms with E-state index in [2.05, 4.69) is 5.32 Å². The Morgan fingerprint density at radius 3 is 2.02 bits per heavy atom. The summed E-state index contributed by atoms with van der Waals surface area (Å²) in [6, 6.07) is 23.8. The second-order valence-electron chi connectivity index (χ2n) is 9.91. The molecule has 0 unspecified atom stereocenters. The van der Waals surface area contributed by atoms with Gasteiger partial charge >= 0.3 is 0 Å². The number of sulfonamides is 1. The third-order valence-corrected chi connectivity index (χ3v) is 7.83. The van der Waals surface area contributed by atoms with Gasteiger partial charge in [-0.1, -0.05) is 79.7 Å². The van der Waals surface area contributed by atoms with E-state index in [1.54, 1.807) is 18.2 Å². The lowest BCUT2D eigenvalue weighted by molar-refractivity contribution is -0.140. The van der Waals surface area contributed by atoms with E-state index in [0.717, 1.165) is 21.7 Å². The van der Waals surface area contributed by atoms with Gasteiger partial charge < -0.3 is 10.2 Å². The first-order valence-corrected chi connectivity index (χ1v) is 15.1. The summed E-state index contributed by atoms with van der Waals surface area (Å²) in [6.45, 7) is 4.82. The van der Waals surface area contributed by atoms with Crippen LogP contribution >= 0.6 is 0 Å². The number of nitrogens with zero attached hydrogens (tertiary/aromatic N) is 2. The van der Waals surface area contributed by atoms with Crippen molar-refractivity contribution >= 4 is 33.3 Å². The van der Waals surface area contributed by atoms with Gasteiger partial charge in [0.05, 0.1) is 11.9 Å². The predicted molar refractivity (Wildman–Crippen MR) is 157 cm³/mol. The maximum Gasteiger partial charge on any atom is 0.244 e. The number of hydrogen-bond acceptors (Lipinski definition) is 5. The summed E-state index contributed by atoms with van der Waals surface area (Å²) in [4.78, 5) is 41.1. The average molecular weight is 564 g/mol. The number of benzene rings is 3. The highest BCUT2D eigenvalue weighted by atomic mass is 32.2. The van der Waals surface area contributed by atoms with Crippen LogP contribution in [-0.2, 0) is 32.6 Å². The van der Waals surface area contributed by atoms with Crippen molar-refractivity contribution in [2.75, 3.05) is 17.1 Å². The Hall–Kier alpha value is -3.98. The van der Waals surface area contributed by atoms with Gasteiger partial charge in [0, 0.05) is 24.6 Å². The van der Waals surface area contributed by atoms with Gasteiger partial charge in [-0.25, -0.2) is 8.42 Å². The molecule has 1 N–H and O–H groups in total. The lowest BCUT2D eigenvalue weighted by Gasteiger charge is -2.34. The van der Waals surface area contributed by atoms with Crippen LogP contribution in [0.3, 0.4) is 0 Å². The van der Waals surface area contributed by atoms with Crippen LogP contribution in [0.15, 0.2) is 84.9 Å². The van der Waals surface area contributed by atoms with E-state index in [4.69, 9.17) is 0 Å². The molecule has 0 spiro atoms. The SMILES string of the molecule is CC[C@@H](C)NC(=O)[C@@H](Cc1ccccc1)N(Cc1ccccc1)C(=O)CN(c1cccc(C(C)=O)c1)S(C)(=O)=O. The summed E-state index contributed by atoms with van der Waals surface area (Å²) in [5.41, 5.74) is 2.20. The van der Waals surface area contributed by atoms with E-state index >= 15 is 0 Å². The summed E-state index contributed by atoms with van der Waals surface area (Å²) in [5.74, 6) is -1.08. The van der Waals surface area contributed by atoms with Crippen LogP contribution in [0.2, 0.25) is 0 Å². The van der Waals surface area contributed by atoms with Gasteiger partial charge in [0.1, 0.15) is 12.6 Å². The molecule has 0 heterocycles. The third kappa shape index (κ3) is 8.51. The van der Waals surface area contributed by atoms with E-state index in [1.807, 2.05) is 74.5 Å². The maximum absolute atomic E-state index is 14.1. The van der Waals surface area contributed by atoms with Gasteiger partial charge in [-0.3, -0.25) is 18.7 Å². The number of Topliss-reactive ketones (excluding diaryl/α,β-unsaturated/α-hetero) is 1. The van der Waals surface area contributed by atoms with Crippen molar-refractivity contribution in [1.82, 2.24) is 10.2 Å². The Bertz CT molecular complexity index is 1410. The summed E-state index contributed by atoms with van der Waals surface area (Å²) in [7, 11) is -3.92. The summed E-state index contributed by atoms with van der Waals surface area (Å²) in [5, 5.41) is 3.00. The molecule has 9 heteroatoms. The number of rotatable bonds is 13. The van der Waals surface area contributed by atoms with Crippen molar-refractivity contribution in [3.05, 3.63) is 102 Å². The molecule has 0 aliphatic heterocycles. The van der Waals surface area contributed by atoms with Gasteiger partial charge in [0.15, 0.2) is 5.78 Å². The van der Waals surface area contributed by atoms with Crippen molar-refractivity contribution in [2.24, 2.45) is 0 Å². The molecule has 8 nitrogen and oxygen atoms in total. The number of nitrogens with one attached hydrogen (secondary N) is 1. The zero-order valence-corrected chi connectivity index (χ0v) is 24.2. The molecule has 2 amide bonds. The van der Waals surface area contributed by atoms with Crippen molar-refractivity contribution in [2.45, 2.75) is 52.2 Å². The van der Waals surface area contributed by atoms with Crippen LogP contribution in [-0.4, -0.2) is 55.8 Å². The minimum absolute atomic E-state index is 0.107. The highest BCUT2D eigenvalue weighted by Gasteiger charge is 2.33. The molecule has 0 saturated carbocycles. The molecule has 2 atom stereocenters. The smallest absolute Gasteiger partial charge is 0.244 e. The van der Waals surface area contributed by atoms with Gasteiger partial charge in [-0.15, -0.1) is 0 Å². The fourth-order valence-electron chi connectivity index (χ4n) is 4.27. The van der Waals surface area contributed by atoms with Gasteiger partial charge in [-0.2, -0.15) is 0 Å². The quantitative estimate of drug-likeness (QED) is 0.314. The standard InChI is InChI=1S/C31H37N3O5S/c1-5-23(2)32-31(37)29(19-25-13-8-6-9-14-25)33(21-26-15-10-7-11-16-26)30(36)22-34(40(4,38)39)28-18-12-17-27(20-28)24(3)35/h6-18,20,23,29H,5,19,21-22H2,1-4H3,(H,32,37)/t23-,29-/m1/s1. The summed E-state index contributed by atoms with van der Waals surface area (Å²) >= 11 is 0. The van der Waals surface area contributed by atoms with Crippen LogP contribution < -0.4 is 9.62 Å². The Kier molecular flexibility index (Phi) is 10.6. The van der Waals surface area contributed by atoms with E-state index < -0.39 is 28.5 Å². The van der Waals surface area contributed by atoms with E-state index in [-0.39, 0.29) is 36.4 Å². The van der Waals surface area contributed by atoms with Crippen molar-refractivity contribution in [3.8, 4) is 0 Å². The Balaban J connectivity index is 2.06. The molecule has 0 aliphatic carbocycles.